The second-order valence-corrected chi connectivity index (χ2v) is 7.90. The molecule has 0 aliphatic carbocycles. The summed E-state index contributed by atoms with van der Waals surface area (Å²) >= 11 is 0. The van der Waals surface area contributed by atoms with Gasteiger partial charge in [0.1, 0.15) is 0 Å². The quantitative estimate of drug-likeness (QED) is 0.832. The number of aryl methyl sites for hydroxylation is 1. The molecule has 0 saturated carbocycles. The van der Waals surface area contributed by atoms with E-state index in [0.717, 1.165) is 38.0 Å². The molecule has 1 atom stereocenters. The van der Waals surface area contributed by atoms with Crippen LogP contribution in [0.4, 0.5) is 0 Å². The maximum atomic E-state index is 12.7. The number of likely N-dealkylation sites (tertiary alicyclic amines) is 2. The monoisotopic (exact) mass is 366 g/mol. The Morgan fingerprint density at radius 3 is 2.93 bits per heavy atom. The van der Waals surface area contributed by atoms with Crippen LogP contribution in [0, 0.1) is 12.8 Å². The van der Waals surface area contributed by atoms with Crippen molar-refractivity contribution < 1.29 is 9.53 Å². The maximum Gasteiger partial charge on any atom is 0.255 e. The zero-order valence-electron chi connectivity index (χ0n) is 16.0. The molecule has 0 aromatic carbocycles. The van der Waals surface area contributed by atoms with E-state index >= 15 is 0 Å². The molecule has 2 aromatic rings. The summed E-state index contributed by atoms with van der Waals surface area (Å²) in [4.78, 5) is 25.5. The van der Waals surface area contributed by atoms with E-state index in [1.165, 1.54) is 0 Å². The number of pyridine rings is 2. The van der Waals surface area contributed by atoms with Crippen molar-refractivity contribution in [1.29, 1.82) is 0 Å². The minimum atomic E-state index is 0.0727. The maximum absolute atomic E-state index is 12.7. The summed E-state index contributed by atoms with van der Waals surface area (Å²) in [5, 5.41) is 0. The van der Waals surface area contributed by atoms with Crippen molar-refractivity contribution in [2.24, 2.45) is 5.92 Å². The Kier molecular flexibility index (Phi) is 4.83. The van der Waals surface area contributed by atoms with Crippen LogP contribution in [-0.4, -0.2) is 64.5 Å². The fraction of sp³-hybridized carbons (Fsp3) is 0.476. The van der Waals surface area contributed by atoms with Gasteiger partial charge in [-0.2, -0.15) is 0 Å². The Balaban J connectivity index is 1.36. The smallest absolute Gasteiger partial charge is 0.255 e. The van der Waals surface area contributed by atoms with Crippen molar-refractivity contribution in [3.05, 3.63) is 54.0 Å². The summed E-state index contributed by atoms with van der Waals surface area (Å²) in [7, 11) is 2.17. The van der Waals surface area contributed by atoms with Crippen LogP contribution in [0.15, 0.2) is 42.9 Å². The molecule has 4 rings (SSSR count). The lowest BCUT2D eigenvalue weighted by Crippen LogP contribution is -2.72. The van der Waals surface area contributed by atoms with Crippen LogP contribution >= 0.6 is 0 Å². The van der Waals surface area contributed by atoms with Gasteiger partial charge in [0.2, 0.25) is 5.88 Å². The molecule has 6 nitrogen and oxygen atoms in total. The molecule has 2 aliphatic rings. The second kappa shape index (κ2) is 7.27. The molecule has 2 aliphatic heterocycles. The van der Waals surface area contributed by atoms with Crippen LogP contribution in [0.25, 0.3) is 0 Å². The van der Waals surface area contributed by atoms with Gasteiger partial charge in [0.15, 0.2) is 0 Å². The van der Waals surface area contributed by atoms with Gasteiger partial charge in [-0.3, -0.25) is 14.7 Å². The SMILES string of the molecule is Cc1cncc(C(=O)N2CC3(CC(COc4ccccn4)CCN3C)C2)c1. The molecule has 1 amide bonds. The zero-order chi connectivity index (χ0) is 18.9. The molecule has 6 heteroatoms. The van der Waals surface area contributed by atoms with Crippen LogP contribution < -0.4 is 4.74 Å². The average Bonchev–Trinajstić information content (AvgIpc) is 2.66. The molecule has 0 bridgehead atoms. The van der Waals surface area contributed by atoms with Gasteiger partial charge < -0.3 is 9.64 Å². The summed E-state index contributed by atoms with van der Waals surface area (Å²) in [6.45, 7) is 5.22. The molecule has 1 unspecified atom stereocenters. The van der Waals surface area contributed by atoms with Gasteiger partial charge in [0.05, 0.1) is 17.7 Å². The third-order valence-electron chi connectivity index (χ3n) is 5.84. The number of carbonyl (C=O) groups excluding carboxylic acids is 1. The summed E-state index contributed by atoms with van der Waals surface area (Å²) in [5.41, 5.74) is 1.76. The third-order valence-corrected chi connectivity index (χ3v) is 5.84. The van der Waals surface area contributed by atoms with E-state index in [2.05, 4.69) is 21.9 Å². The topological polar surface area (TPSA) is 58.6 Å². The zero-order valence-corrected chi connectivity index (χ0v) is 16.0. The fourth-order valence-electron chi connectivity index (χ4n) is 4.22. The van der Waals surface area contributed by atoms with E-state index in [-0.39, 0.29) is 11.4 Å². The van der Waals surface area contributed by atoms with Gasteiger partial charge in [0, 0.05) is 37.7 Å². The highest BCUT2D eigenvalue weighted by atomic mass is 16.5. The highest BCUT2D eigenvalue weighted by molar-refractivity contribution is 5.94. The first-order valence-electron chi connectivity index (χ1n) is 9.52. The van der Waals surface area contributed by atoms with Gasteiger partial charge in [0.25, 0.3) is 5.91 Å². The van der Waals surface area contributed by atoms with Gasteiger partial charge in [-0.05, 0) is 57.0 Å². The van der Waals surface area contributed by atoms with E-state index in [0.29, 0.717) is 24.0 Å². The molecular weight excluding hydrogens is 340 g/mol. The minimum Gasteiger partial charge on any atom is -0.477 e. The Morgan fingerprint density at radius 1 is 1.33 bits per heavy atom. The predicted molar refractivity (Wildman–Crippen MR) is 103 cm³/mol. The summed E-state index contributed by atoms with van der Waals surface area (Å²) in [5.74, 6) is 1.25. The molecule has 27 heavy (non-hydrogen) atoms. The van der Waals surface area contributed by atoms with Crippen molar-refractivity contribution >= 4 is 5.91 Å². The Hall–Kier alpha value is -2.47. The number of amides is 1. The molecule has 2 aromatic heterocycles. The fourth-order valence-corrected chi connectivity index (χ4v) is 4.22. The number of piperidine rings is 1. The number of ether oxygens (including phenoxy) is 1. The van der Waals surface area contributed by atoms with Gasteiger partial charge in [-0.1, -0.05) is 6.07 Å². The van der Waals surface area contributed by atoms with E-state index in [1.807, 2.05) is 36.1 Å². The van der Waals surface area contributed by atoms with Crippen LogP contribution in [0.5, 0.6) is 5.88 Å². The van der Waals surface area contributed by atoms with Crippen molar-refractivity contribution in [2.45, 2.75) is 25.3 Å². The van der Waals surface area contributed by atoms with Crippen LogP contribution in [0.1, 0.15) is 28.8 Å². The van der Waals surface area contributed by atoms with Crippen molar-refractivity contribution in [3.8, 4) is 5.88 Å². The average molecular weight is 366 g/mol. The Morgan fingerprint density at radius 2 is 2.19 bits per heavy atom. The number of hydrogen-bond acceptors (Lipinski definition) is 5. The van der Waals surface area contributed by atoms with Crippen molar-refractivity contribution in [3.63, 3.8) is 0 Å². The molecule has 2 fully saturated rings. The highest BCUT2D eigenvalue weighted by Crippen LogP contribution is 2.39. The molecule has 4 heterocycles. The lowest BCUT2D eigenvalue weighted by atomic mass is 9.75. The van der Waals surface area contributed by atoms with E-state index in [1.54, 1.807) is 18.6 Å². The van der Waals surface area contributed by atoms with Crippen LogP contribution in [-0.2, 0) is 0 Å². The van der Waals surface area contributed by atoms with E-state index in [9.17, 15) is 4.79 Å². The van der Waals surface area contributed by atoms with Crippen LogP contribution in [0.3, 0.4) is 0 Å². The number of rotatable bonds is 4. The highest BCUT2D eigenvalue weighted by Gasteiger charge is 2.51. The normalized spacial score (nSPS) is 21.7. The largest absolute Gasteiger partial charge is 0.477 e. The molecule has 0 radical (unpaired) electrons. The summed E-state index contributed by atoms with van der Waals surface area (Å²) < 4.78 is 5.88. The number of carbonyl (C=O) groups is 1. The molecule has 1 spiro atoms. The van der Waals surface area contributed by atoms with E-state index in [4.69, 9.17) is 4.74 Å². The van der Waals surface area contributed by atoms with Gasteiger partial charge in [-0.15, -0.1) is 0 Å². The molecule has 2 saturated heterocycles. The summed E-state index contributed by atoms with van der Waals surface area (Å²) in [6, 6.07) is 7.63. The Labute approximate surface area is 160 Å². The summed E-state index contributed by atoms with van der Waals surface area (Å²) in [6.07, 6.45) is 7.35. The molecule has 142 valence electrons. The number of likely N-dealkylation sites (N-methyl/N-ethyl adjacent to an activating group) is 1. The molecule has 0 N–H and O–H groups in total. The first kappa shape index (κ1) is 17.9. The number of aromatic nitrogens is 2. The van der Waals surface area contributed by atoms with Crippen molar-refractivity contribution in [1.82, 2.24) is 19.8 Å². The Bertz CT molecular complexity index is 805. The lowest BCUT2D eigenvalue weighted by molar-refractivity contribution is -0.0695. The van der Waals surface area contributed by atoms with Crippen molar-refractivity contribution in [2.75, 3.05) is 33.3 Å². The van der Waals surface area contributed by atoms with Gasteiger partial charge >= 0.3 is 0 Å². The lowest BCUT2D eigenvalue weighted by Gasteiger charge is -2.58. The molecular formula is C21H26N4O2. The second-order valence-electron chi connectivity index (χ2n) is 7.90. The minimum absolute atomic E-state index is 0.0727. The predicted octanol–water partition coefficient (Wildman–Crippen LogP) is 2.40. The standard InChI is InChI=1S/C21H26N4O2/c1-16-9-18(12-22-11-16)20(26)25-14-21(15-25)10-17(6-8-24(21)2)13-27-19-5-3-4-7-23-19/h3-5,7,9,11-12,17H,6,8,10,13-15H2,1-2H3. The van der Waals surface area contributed by atoms with E-state index < -0.39 is 0 Å². The first-order chi connectivity index (χ1) is 13.1. The number of nitrogens with zero attached hydrogens (tertiary/aromatic N) is 4. The van der Waals surface area contributed by atoms with Crippen LogP contribution in [0.2, 0.25) is 0 Å². The third kappa shape index (κ3) is 3.67. The number of hydrogen-bond donors (Lipinski definition) is 0. The first-order valence-corrected chi connectivity index (χ1v) is 9.52. The van der Waals surface area contributed by atoms with Gasteiger partial charge in [-0.25, -0.2) is 4.98 Å².